The van der Waals surface area contributed by atoms with Gasteiger partial charge in [0.25, 0.3) is 0 Å². The minimum absolute atomic E-state index is 0.259. The standard InChI is InChI=1S/C17H26N2O2/c1-7-19(6)11-18-16-9-8-15(13(4)14(16)5)17(20)21-10-12(2)3/h8-9,11-12H,7,10H2,1-6H3. The number of hydrogen-bond donors (Lipinski definition) is 0. The van der Waals surface area contributed by atoms with Crippen molar-refractivity contribution >= 4 is 18.0 Å². The fourth-order valence-corrected chi connectivity index (χ4v) is 1.73. The number of carbonyl (C=O) groups is 1. The highest BCUT2D eigenvalue weighted by Gasteiger charge is 2.14. The lowest BCUT2D eigenvalue weighted by molar-refractivity contribution is 0.0458. The summed E-state index contributed by atoms with van der Waals surface area (Å²) in [6.07, 6.45) is 1.80. The first kappa shape index (κ1) is 17.2. The third kappa shape index (κ3) is 4.88. The summed E-state index contributed by atoms with van der Waals surface area (Å²) in [5, 5.41) is 0. The summed E-state index contributed by atoms with van der Waals surface area (Å²) < 4.78 is 5.30. The molecular weight excluding hydrogens is 264 g/mol. The van der Waals surface area contributed by atoms with Crippen LogP contribution in [-0.4, -0.2) is 37.4 Å². The van der Waals surface area contributed by atoms with Crippen molar-refractivity contribution < 1.29 is 9.53 Å². The minimum atomic E-state index is -0.259. The van der Waals surface area contributed by atoms with Crippen molar-refractivity contribution in [2.45, 2.75) is 34.6 Å². The van der Waals surface area contributed by atoms with Crippen molar-refractivity contribution in [3.63, 3.8) is 0 Å². The van der Waals surface area contributed by atoms with E-state index in [1.165, 1.54) is 0 Å². The molecule has 0 atom stereocenters. The SMILES string of the molecule is CCN(C)C=Nc1ccc(C(=O)OCC(C)C)c(C)c1C. The van der Waals surface area contributed by atoms with Crippen LogP contribution in [0.2, 0.25) is 0 Å². The number of nitrogens with zero attached hydrogens (tertiary/aromatic N) is 2. The van der Waals surface area contributed by atoms with E-state index in [1.54, 1.807) is 12.4 Å². The van der Waals surface area contributed by atoms with Gasteiger partial charge in [0, 0.05) is 13.6 Å². The maximum absolute atomic E-state index is 12.1. The van der Waals surface area contributed by atoms with Gasteiger partial charge in [-0.25, -0.2) is 9.79 Å². The molecule has 1 rings (SSSR count). The van der Waals surface area contributed by atoms with Crippen molar-refractivity contribution in [1.29, 1.82) is 0 Å². The predicted octanol–water partition coefficient (Wildman–Crippen LogP) is 3.73. The van der Waals surface area contributed by atoms with Gasteiger partial charge in [0.2, 0.25) is 0 Å². The van der Waals surface area contributed by atoms with Gasteiger partial charge in [-0.2, -0.15) is 0 Å². The molecule has 4 nitrogen and oxygen atoms in total. The highest BCUT2D eigenvalue weighted by atomic mass is 16.5. The summed E-state index contributed by atoms with van der Waals surface area (Å²) in [5.74, 6) is 0.0781. The molecule has 0 aliphatic carbocycles. The van der Waals surface area contributed by atoms with Gasteiger partial charge in [-0.3, -0.25) is 0 Å². The smallest absolute Gasteiger partial charge is 0.338 e. The number of benzene rings is 1. The number of rotatable bonds is 6. The maximum Gasteiger partial charge on any atom is 0.338 e. The second-order valence-corrected chi connectivity index (χ2v) is 5.69. The van der Waals surface area contributed by atoms with Gasteiger partial charge >= 0.3 is 5.97 Å². The summed E-state index contributed by atoms with van der Waals surface area (Å²) in [4.78, 5) is 18.5. The molecule has 21 heavy (non-hydrogen) atoms. The van der Waals surface area contributed by atoms with Gasteiger partial charge in [-0.1, -0.05) is 13.8 Å². The molecule has 0 spiro atoms. The molecule has 0 aliphatic heterocycles. The van der Waals surface area contributed by atoms with Crippen LogP contribution in [0.3, 0.4) is 0 Å². The normalized spacial score (nSPS) is 11.2. The van der Waals surface area contributed by atoms with Gasteiger partial charge in [0.05, 0.1) is 24.2 Å². The van der Waals surface area contributed by atoms with Crippen molar-refractivity contribution in [3.8, 4) is 0 Å². The van der Waals surface area contributed by atoms with Gasteiger partial charge in [-0.05, 0) is 49.9 Å². The lowest BCUT2D eigenvalue weighted by Gasteiger charge is -2.13. The summed E-state index contributed by atoms with van der Waals surface area (Å²) in [6, 6.07) is 3.66. The first-order chi connectivity index (χ1) is 9.86. The molecule has 1 aromatic carbocycles. The Morgan fingerprint density at radius 2 is 2.00 bits per heavy atom. The van der Waals surface area contributed by atoms with Gasteiger partial charge in [0.15, 0.2) is 0 Å². The van der Waals surface area contributed by atoms with E-state index in [4.69, 9.17) is 4.74 Å². The van der Waals surface area contributed by atoms with E-state index >= 15 is 0 Å². The number of ether oxygens (including phenoxy) is 1. The lowest BCUT2D eigenvalue weighted by Crippen LogP contribution is -2.14. The summed E-state index contributed by atoms with van der Waals surface area (Å²) >= 11 is 0. The van der Waals surface area contributed by atoms with E-state index in [-0.39, 0.29) is 5.97 Å². The molecule has 4 heteroatoms. The average molecular weight is 290 g/mol. The second kappa shape index (κ2) is 7.81. The van der Waals surface area contributed by atoms with E-state index in [0.717, 1.165) is 23.4 Å². The summed E-state index contributed by atoms with van der Waals surface area (Å²) in [7, 11) is 1.98. The molecule has 0 radical (unpaired) electrons. The van der Waals surface area contributed by atoms with E-state index < -0.39 is 0 Å². The van der Waals surface area contributed by atoms with Crippen LogP contribution in [0.15, 0.2) is 17.1 Å². The third-order valence-corrected chi connectivity index (χ3v) is 3.42. The van der Waals surface area contributed by atoms with Gasteiger partial charge in [-0.15, -0.1) is 0 Å². The lowest BCUT2D eigenvalue weighted by atomic mass is 10.0. The Morgan fingerprint density at radius 3 is 2.57 bits per heavy atom. The zero-order valence-corrected chi connectivity index (χ0v) is 13.9. The quantitative estimate of drug-likeness (QED) is 0.455. The van der Waals surface area contributed by atoms with Crippen LogP contribution in [0.4, 0.5) is 5.69 Å². The Balaban J connectivity index is 2.94. The minimum Gasteiger partial charge on any atom is -0.462 e. The first-order valence-corrected chi connectivity index (χ1v) is 7.38. The number of carbonyl (C=O) groups excluding carboxylic acids is 1. The van der Waals surface area contributed by atoms with Crippen molar-refractivity contribution in [2.24, 2.45) is 10.9 Å². The molecule has 0 N–H and O–H groups in total. The molecule has 1 aromatic rings. The van der Waals surface area contributed by atoms with Crippen LogP contribution in [-0.2, 0) is 4.74 Å². The molecule has 0 unspecified atom stereocenters. The fraction of sp³-hybridized carbons (Fsp3) is 0.529. The zero-order chi connectivity index (χ0) is 16.0. The Hall–Kier alpha value is -1.84. The van der Waals surface area contributed by atoms with Crippen LogP contribution < -0.4 is 0 Å². The monoisotopic (exact) mass is 290 g/mol. The molecule has 0 fully saturated rings. The van der Waals surface area contributed by atoms with Crippen LogP contribution >= 0.6 is 0 Å². The molecule has 0 bridgehead atoms. The van der Waals surface area contributed by atoms with Crippen LogP contribution in [0.1, 0.15) is 42.3 Å². The Labute approximate surface area is 127 Å². The molecule has 0 amide bonds. The number of aliphatic imine (C=N–C) groups is 1. The number of esters is 1. The van der Waals surface area contributed by atoms with Crippen molar-refractivity contribution in [3.05, 3.63) is 28.8 Å². The summed E-state index contributed by atoms with van der Waals surface area (Å²) in [6.45, 7) is 11.4. The fourth-order valence-electron chi connectivity index (χ4n) is 1.73. The van der Waals surface area contributed by atoms with E-state index in [1.807, 2.05) is 45.7 Å². The topological polar surface area (TPSA) is 41.9 Å². The first-order valence-electron chi connectivity index (χ1n) is 7.38. The molecule has 0 aromatic heterocycles. The summed E-state index contributed by atoms with van der Waals surface area (Å²) in [5.41, 5.74) is 3.44. The molecule has 0 saturated carbocycles. The van der Waals surface area contributed by atoms with Crippen molar-refractivity contribution in [2.75, 3.05) is 20.2 Å². The van der Waals surface area contributed by atoms with Gasteiger partial charge in [0.1, 0.15) is 0 Å². The molecule has 0 saturated heterocycles. The highest BCUT2D eigenvalue weighted by Crippen LogP contribution is 2.25. The second-order valence-electron chi connectivity index (χ2n) is 5.69. The molecule has 116 valence electrons. The van der Waals surface area contributed by atoms with Crippen molar-refractivity contribution in [1.82, 2.24) is 4.90 Å². The highest BCUT2D eigenvalue weighted by molar-refractivity contribution is 5.92. The third-order valence-electron chi connectivity index (χ3n) is 3.42. The maximum atomic E-state index is 12.1. The Bertz CT molecular complexity index is 522. The molecular formula is C17H26N2O2. The van der Waals surface area contributed by atoms with E-state index in [0.29, 0.717) is 18.1 Å². The van der Waals surface area contributed by atoms with Crippen LogP contribution in [0.5, 0.6) is 0 Å². The van der Waals surface area contributed by atoms with Gasteiger partial charge < -0.3 is 9.64 Å². The number of hydrogen-bond acceptors (Lipinski definition) is 3. The average Bonchev–Trinajstić information content (AvgIpc) is 2.45. The Morgan fingerprint density at radius 1 is 1.33 bits per heavy atom. The van der Waals surface area contributed by atoms with E-state index in [2.05, 4.69) is 11.9 Å². The zero-order valence-electron chi connectivity index (χ0n) is 13.9. The van der Waals surface area contributed by atoms with Crippen LogP contribution in [0.25, 0.3) is 0 Å². The Kier molecular flexibility index (Phi) is 6.40. The predicted molar refractivity (Wildman–Crippen MR) is 87.5 cm³/mol. The molecule has 0 aliphatic rings. The van der Waals surface area contributed by atoms with Crippen LogP contribution in [0, 0.1) is 19.8 Å². The largest absolute Gasteiger partial charge is 0.462 e. The van der Waals surface area contributed by atoms with E-state index in [9.17, 15) is 4.79 Å². The molecule has 0 heterocycles.